The van der Waals surface area contributed by atoms with Gasteiger partial charge in [-0.05, 0) is 27.3 Å². The lowest BCUT2D eigenvalue weighted by molar-refractivity contribution is -0.147. The molecule has 0 radical (unpaired) electrons. The zero-order chi connectivity index (χ0) is 13.2. The van der Waals surface area contributed by atoms with E-state index >= 15 is 0 Å². The lowest BCUT2D eigenvalue weighted by Gasteiger charge is -2.14. The van der Waals surface area contributed by atoms with Gasteiger partial charge in [-0.2, -0.15) is 0 Å². The molecular formula is C11H25NO4. The largest absolute Gasteiger partial charge is 0.481 e. The van der Waals surface area contributed by atoms with Gasteiger partial charge in [-0.1, -0.05) is 6.92 Å². The molecule has 98 valence electrons. The second-order valence-corrected chi connectivity index (χ2v) is 4.29. The summed E-state index contributed by atoms with van der Waals surface area (Å²) in [6.45, 7) is 6.91. The van der Waals surface area contributed by atoms with E-state index in [1.807, 2.05) is 18.9 Å². The minimum absolute atomic E-state index is 0.163. The van der Waals surface area contributed by atoms with Gasteiger partial charge in [0.05, 0.1) is 18.6 Å². The quantitative estimate of drug-likeness (QED) is 0.621. The molecule has 0 fully saturated rings. The van der Waals surface area contributed by atoms with Crippen molar-refractivity contribution in [2.45, 2.75) is 27.2 Å². The van der Waals surface area contributed by atoms with Crippen LogP contribution in [0.25, 0.3) is 0 Å². The number of rotatable bonds is 6. The minimum atomic E-state index is -0.722. The van der Waals surface area contributed by atoms with Crippen LogP contribution < -0.4 is 0 Å². The van der Waals surface area contributed by atoms with Gasteiger partial charge in [0.15, 0.2) is 0 Å². The van der Waals surface area contributed by atoms with Gasteiger partial charge in [0.1, 0.15) is 0 Å². The fourth-order valence-corrected chi connectivity index (χ4v) is 0.604. The molecule has 5 nitrogen and oxygen atoms in total. The van der Waals surface area contributed by atoms with Crippen LogP contribution in [0.15, 0.2) is 0 Å². The molecule has 0 rings (SSSR count). The smallest absolute Gasteiger partial charge is 0.309 e. The summed E-state index contributed by atoms with van der Waals surface area (Å²) >= 11 is 0. The highest BCUT2D eigenvalue weighted by atomic mass is 16.4. The number of aliphatic hydroxyl groups excluding tert-OH is 2. The van der Waals surface area contributed by atoms with Gasteiger partial charge in [0.25, 0.3) is 0 Å². The Labute approximate surface area is 97.7 Å². The summed E-state index contributed by atoms with van der Waals surface area (Å²) in [7, 11) is 1.85. The van der Waals surface area contributed by atoms with Gasteiger partial charge in [-0.3, -0.25) is 4.79 Å². The van der Waals surface area contributed by atoms with Crippen molar-refractivity contribution in [2.75, 3.05) is 33.4 Å². The van der Waals surface area contributed by atoms with E-state index in [9.17, 15) is 4.79 Å². The fourth-order valence-electron chi connectivity index (χ4n) is 0.604. The molecular weight excluding hydrogens is 210 g/mol. The van der Waals surface area contributed by atoms with Crippen LogP contribution in [0.5, 0.6) is 0 Å². The minimum Gasteiger partial charge on any atom is -0.481 e. The predicted molar refractivity (Wildman–Crippen MR) is 63.4 cm³/mol. The van der Waals surface area contributed by atoms with E-state index < -0.39 is 11.4 Å². The van der Waals surface area contributed by atoms with Crippen molar-refractivity contribution >= 4 is 5.97 Å². The van der Waals surface area contributed by atoms with Crippen molar-refractivity contribution in [3.63, 3.8) is 0 Å². The first-order valence-corrected chi connectivity index (χ1v) is 5.45. The molecule has 0 aromatic heterocycles. The molecule has 3 N–H and O–H groups in total. The normalized spacial score (nSPS) is 10.9. The second-order valence-electron chi connectivity index (χ2n) is 4.29. The number of carboxylic acids is 1. The van der Waals surface area contributed by atoms with E-state index in [0.29, 0.717) is 19.5 Å². The van der Waals surface area contributed by atoms with Gasteiger partial charge in [0, 0.05) is 13.1 Å². The lowest BCUT2D eigenvalue weighted by Crippen LogP contribution is -2.25. The van der Waals surface area contributed by atoms with E-state index in [4.69, 9.17) is 15.3 Å². The molecule has 0 aromatic carbocycles. The first-order chi connectivity index (χ1) is 7.31. The maximum absolute atomic E-state index is 10.3. The standard InChI is InChI=1S/C6H12O2.C5H13NO2/c1-4-6(2,3)5(7)8;1-6(2-4-7)3-5-8/h4H2,1-3H3,(H,7,8);7-8H,2-5H2,1H3. The van der Waals surface area contributed by atoms with Gasteiger partial charge in [0.2, 0.25) is 0 Å². The van der Waals surface area contributed by atoms with Crippen LogP contribution in [-0.4, -0.2) is 59.5 Å². The molecule has 0 bridgehead atoms. The zero-order valence-corrected chi connectivity index (χ0v) is 10.7. The SMILES string of the molecule is CCC(C)(C)C(=O)O.CN(CCO)CCO. The van der Waals surface area contributed by atoms with Crippen molar-refractivity contribution in [3.05, 3.63) is 0 Å². The number of hydrogen-bond acceptors (Lipinski definition) is 4. The molecule has 0 spiro atoms. The maximum Gasteiger partial charge on any atom is 0.309 e. The number of carbonyl (C=O) groups is 1. The highest BCUT2D eigenvalue weighted by Gasteiger charge is 2.23. The van der Waals surface area contributed by atoms with E-state index in [2.05, 4.69) is 0 Å². The third-order valence-electron chi connectivity index (χ3n) is 2.43. The van der Waals surface area contributed by atoms with E-state index in [1.165, 1.54) is 0 Å². The van der Waals surface area contributed by atoms with Crippen LogP contribution in [0.4, 0.5) is 0 Å². The van der Waals surface area contributed by atoms with Crippen LogP contribution >= 0.6 is 0 Å². The average molecular weight is 235 g/mol. The molecule has 0 saturated carbocycles. The van der Waals surface area contributed by atoms with Crippen LogP contribution in [-0.2, 0) is 4.79 Å². The molecule has 0 heterocycles. The molecule has 0 aliphatic rings. The molecule has 0 amide bonds. The van der Waals surface area contributed by atoms with Crippen molar-refractivity contribution in [1.29, 1.82) is 0 Å². The summed E-state index contributed by atoms with van der Waals surface area (Å²) in [5, 5.41) is 25.1. The zero-order valence-electron chi connectivity index (χ0n) is 10.7. The lowest BCUT2D eigenvalue weighted by atomic mass is 9.91. The number of aliphatic carboxylic acids is 1. The van der Waals surface area contributed by atoms with Gasteiger partial charge < -0.3 is 20.2 Å². The fraction of sp³-hybridized carbons (Fsp3) is 0.909. The summed E-state index contributed by atoms with van der Waals surface area (Å²) in [6, 6.07) is 0. The van der Waals surface area contributed by atoms with Crippen LogP contribution in [0, 0.1) is 5.41 Å². The van der Waals surface area contributed by atoms with Crippen LogP contribution in [0.2, 0.25) is 0 Å². The Hall–Kier alpha value is -0.650. The predicted octanol–water partition coefficient (Wildman–Crippen LogP) is 0.410. The Balaban J connectivity index is 0. The van der Waals surface area contributed by atoms with Gasteiger partial charge in [-0.25, -0.2) is 0 Å². The highest BCUT2D eigenvalue weighted by Crippen LogP contribution is 2.18. The third-order valence-corrected chi connectivity index (χ3v) is 2.43. The number of aliphatic hydroxyl groups is 2. The first kappa shape index (κ1) is 17.7. The molecule has 0 saturated heterocycles. The molecule has 0 atom stereocenters. The van der Waals surface area contributed by atoms with Crippen molar-refractivity contribution < 1.29 is 20.1 Å². The summed E-state index contributed by atoms with van der Waals surface area (Å²) in [5.41, 5.74) is -0.542. The van der Waals surface area contributed by atoms with E-state index in [-0.39, 0.29) is 13.2 Å². The summed E-state index contributed by atoms with van der Waals surface area (Å²) in [4.78, 5) is 12.1. The summed E-state index contributed by atoms with van der Waals surface area (Å²) in [6.07, 6.45) is 0.683. The number of hydrogen-bond donors (Lipinski definition) is 3. The second kappa shape index (κ2) is 9.57. The Kier molecular flexibility index (Phi) is 10.6. The first-order valence-electron chi connectivity index (χ1n) is 5.45. The maximum atomic E-state index is 10.3. The van der Waals surface area contributed by atoms with Crippen LogP contribution in [0.3, 0.4) is 0 Å². The average Bonchev–Trinajstić information content (AvgIpc) is 2.19. The number of nitrogens with zero attached hydrogens (tertiary/aromatic N) is 1. The number of likely N-dealkylation sites (N-methyl/N-ethyl adjacent to an activating group) is 1. The molecule has 0 unspecified atom stereocenters. The van der Waals surface area contributed by atoms with E-state index in [0.717, 1.165) is 0 Å². The Morgan fingerprint density at radius 1 is 1.19 bits per heavy atom. The summed E-state index contributed by atoms with van der Waals surface area (Å²) in [5.74, 6) is -0.722. The van der Waals surface area contributed by atoms with Gasteiger partial charge in [-0.15, -0.1) is 0 Å². The molecule has 5 heteroatoms. The number of carboxylic acid groups (broad SMARTS) is 1. The van der Waals surface area contributed by atoms with Crippen molar-refractivity contribution in [2.24, 2.45) is 5.41 Å². The van der Waals surface area contributed by atoms with E-state index in [1.54, 1.807) is 13.8 Å². The molecule has 0 aromatic rings. The topological polar surface area (TPSA) is 81.0 Å². The monoisotopic (exact) mass is 235 g/mol. The van der Waals surface area contributed by atoms with Crippen molar-refractivity contribution in [1.82, 2.24) is 4.90 Å². The molecule has 16 heavy (non-hydrogen) atoms. The Morgan fingerprint density at radius 3 is 1.69 bits per heavy atom. The Bertz CT molecular complexity index is 177. The van der Waals surface area contributed by atoms with Crippen molar-refractivity contribution in [3.8, 4) is 0 Å². The molecule has 0 aliphatic carbocycles. The van der Waals surface area contributed by atoms with Gasteiger partial charge >= 0.3 is 5.97 Å². The Morgan fingerprint density at radius 2 is 1.56 bits per heavy atom. The highest BCUT2D eigenvalue weighted by molar-refractivity contribution is 5.73. The third kappa shape index (κ3) is 9.89. The molecule has 0 aliphatic heterocycles. The van der Waals surface area contributed by atoms with Crippen LogP contribution in [0.1, 0.15) is 27.2 Å². The summed E-state index contributed by atoms with van der Waals surface area (Å²) < 4.78 is 0.